The maximum absolute atomic E-state index is 12.2. The number of carboxylic acids is 1. The van der Waals surface area contributed by atoms with Crippen molar-refractivity contribution in [1.82, 2.24) is 10.2 Å². The molecule has 114 valence electrons. The first-order valence-corrected chi connectivity index (χ1v) is 7.19. The summed E-state index contributed by atoms with van der Waals surface area (Å²) < 4.78 is 0. The highest BCUT2D eigenvalue weighted by molar-refractivity contribution is 7.11. The fourth-order valence-electron chi connectivity index (χ4n) is 1.75. The summed E-state index contributed by atoms with van der Waals surface area (Å²) in [6.07, 6.45) is 2.47. The van der Waals surface area contributed by atoms with Crippen LogP contribution in [0.15, 0.2) is 17.5 Å². The van der Waals surface area contributed by atoms with E-state index >= 15 is 0 Å². The van der Waals surface area contributed by atoms with Gasteiger partial charge in [-0.1, -0.05) is 6.92 Å². The number of hydrogen-bond donors (Lipinski definition) is 2. The van der Waals surface area contributed by atoms with Gasteiger partial charge in [0.15, 0.2) is 0 Å². The second-order valence-corrected chi connectivity index (χ2v) is 5.55. The predicted molar refractivity (Wildman–Crippen MR) is 81.2 cm³/mol. The van der Waals surface area contributed by atoms with E-state index in [9.17, 15) is 14.4 Å². The first kappa shape index (κ1) is 16.9. The minimum absolute atomic E-state index is 0.120. The molecule has 0 aromatic carbocycles. The Hall–Kier alpha value is -2.15. The number of carbonyl (C=O) groups is 3. The third-order valence-electron chi connectivity index (χ3n) is 2.85. The van der Waals surface area contributed by atoms with Gasteiger partial charge in [0, 0.05) is 37.0 Å². The molecule has 0 saturated heterocycles. The molecule has 1 atom stereocenters. The molecule has 0 saturated carbocycles. The highest BCUT2D eigenvalue weighted by atomic mass is 32.1. The monoisotopic (exact) mass is 310 g/mol. The molecule has 0 aliphatic rings. The summed E-state index contributed by atoms with van der Waals surface area (Å²) in [5.41, 5.74) is 0.483. The van der Waals surface area contributed by atoms with Gasteiger partial charge in [-0.25, -0.2) is 4.79 Å². The normalized spacial score (nSPS) is 12.1. The minimum Gasteiger partial charge on any atom is -0.478 e. The molecule has 0 aliphatic carbocycles. The van der Waals surface area contributed by atoms with Crippen molar-refractivity contribution in [3.63, 3.8) is 0 Å². The van der Waals surface area contributed by atoms with Gasteiger partial charge in [-0.2, -0.15) is 0 Å². The van der Waals surface area contributed by atoms with Crippen LogP contribution in [-0.2, 0) is 9.59 Å². The van der Waals surface area contributed by atoms with Crippen molar-refractivity contribution in [3.8, 4) is 0 Å². The first-order chi connectivity index (χ1) is 9.85. The van der Waals surface area contributed by atoms with Crippen LogP contribution in [0.2, 0.25) is 0 Å². The molecule has 1 unspecified atom stereocenters. The summed E-state index contributed by atoms with van der Waals surface area (Å²) in [5.74, 6) is -1.65. The van der Waals surface area contributed by atoms with Crippen LogP contribution in [0.25, 0.3) is 6.08 Å². The van der Waals surface area contributed by atoms with Crippen LogP contribution in [0.4, 0.5) is 0 Å². The zero-order valence-corrected chi connectivity index (χ0v) is 12.9. The van der Waals surface area contributed by atoms with E-state index in [2.05, 4.69) is 5.32 Å². The van der Waals surface area contributed by atoms with Crippen molar-refractivity contribution in [2.75, 3.05) is 20.6 Å². The van der Waals surface area contributed by atoms with Gasteiger partial charge in [-0.05, 0) is 12.1 Å². The van der Waals surface area contributed by atoms with Crippen molar-refractivity contribution in [2.24, 2.45) is 5.92 Å². The van der Waals surface area contributed by atoms with E-state index < -0.39 is 5.97 Å². The number of rotatable bonds is 6. The summed E-state index contributed by atoms with van der Waals surface area (Å²) in [5, 5.41) is 12.8. The minimum atomic E-state index is -1.03. The van der Waals surface area contributed by atoms with Crippen LogP contribution in [0.3, 0.4) is 0 Å². The molecule has 0 spiro atoms. The van der Waals surface area contributed by atoms with Crippen LogP contribution in [0.1, 0.15) is 22.2 Å². The molecule has 0 aliphatic heterocycles. The SMILES string of the molecule is CNC(=O)C(C)CN(C)C(=O)c1csc(/C=C/C(=O)O)c1. The molecule has 0 radical (unpaired) electrons. The Morgan fingerprint density at radius 2 is 2.14 bits per heavy atom. The summed E-state index contributed by atoms with van der Waals surface area (Å²) in [7, 11) is 3.19. The van der Waals surface area contributed by atoms with E-state index in [1.54, 1.807) is 32.5 Å². The molecule has 1 rings (SSSR count). The Balaban J connectivity index is 2.70. The van der Waals surface area contributed by atoms with E-state index in [1.807, 2.05) is 0 Å². The van der Waals surface area contributed by atoms with E-state index in [1.165, 1.54) is 22.3 Å². The maximum atomic E-state index is 12.2. The Kier molecular flexibility index (Phi) is 6.10. The second-order valence-electron chi connectivity index (χ2n) is 4.61. The van der Waals surface area contributed by atoms with Crippen LogP contribution in [0.5, 0.6) is 0 Å². The largest absolute Gasteiger partial charge is 0.478 e. The fourth-order valence-corrected chi connectivity index (χ4v) is 2.52. The predicted octanol–water partition coefficient (Wildman–Crippen LogP) is 1.30. The van der Waals surface area contributed by atoms with Crippen molar-refractivity contribution in [1.29, 1.82) is 0 Å². The number of amides is 2. The molecule has 6 nitrogen and oxygen atoms in total. The van der Waals surface area contributed by atoms with Gasteiger partial charge < -0.3 is 15.3 Å². The van der Waals surface area contributed by atoms with Crippen molar-refractivity contribution in [3.05, 3.63) is 28.0 Å². The van der Waals surface area contributed by atoms with Crippen LogP contribution in [0, 0.1) is 5.92 Å². The van der Waals surface area contributed by atoms with Gasteiger partial charge >= 0.3 is 5.97 Å². The van der Waals surface area contributed by atoms with Crippen LogP contribution in [-0.4, -0.2) is 48.4 Å². The first-order valence-electron chi connectivity index (χ1n) is 6.31. The zero-order valence-electron chi connectivity index (χ0n) is 12.1. The van der Waals surface area contributed by atoms with E-state index in [0.717, 1.165) is 6.08 Å². The molecule has 2 amide bonds. The molecule has 0 fully saturated rings. The molecular formula is C14H18N2O4S. The van der Waals surface area contributed by atoms with Gasteiger partial charge in [0.2, 0.25) is 5.91 Å². The van der Waals surface area contributed by atoms with Crippen molar-refractivity contribution < 1.29 is 19.5 Å². The average Bonchev–Trinajstić information content (AvgIpc) is 2.91. The lowest BCUT2D eigenvalue weighted by Crippen LogP contribution is -2.37. The second kappa shape index (κ2) is 7.58. The lowest BCUT2D eigenvalue weighted by Gasteiger charge is -2.20. The number of nitrogens with zero attached hydrogens (tertiary/aromatic N) is 1. The topological polar surface area (TPSA) is 86.7 Å². The lowest BCUT2D eigenvalue weighted by atomic mass is 10.1. The quantitative estimate of drug-likeness (QED) is 0.775. The molecule has 1 heterocycles. The lowest BCUT2D eigenvalue weighted by molar-refractivity contribution is -0.131. The summed E-state index contributed by atoms with van der Waals surface area (Å²) in [6, 6.07) is 1.63. The number of hydrogen-bond acceptors (Lipinski definition) is 4. The summed E-state index contributed by atoms with van der Waals surface area (Å²) >= 11 is 1.29. The fraction of sp³-hybridized carbons (Fsp3) is 0.357. The number of carboxylic acid groups (broad SMARTS) is 1. The number of thiophene rings is 1. The molecule has 7 heteroatoms. The molecular weight excluding hydrogens is 292 g/mol. The van der Waals surface area contributed by atoms with Crippen LogP contribution < -0.4 is 5.32 Å². The number of carbonyl (C=O) groups excluding carboxylic acids is 2. The van der Waals surface area contributed by atoms with Crippen LogP contribution >= 0.6 is 11.3 Å². The highest BCUT2D eigenvalue weighted by Crippen LogP contribution is 2.18. The molecule has 2 N–H and O–H groups in total. The van der Waals surface area contributed by atoms with E-state index in [0.29, 0.717) is 17.0 Å². The van der Waals surface area contributed by atoms with Gasteiger partial charge in [0.1, 0.15) is 0 Å². The van der Waals surface area contributed by atoms with Crippen molar-refractivity contribution >= 4 is 35.2 Å². The van der Waals surface area contributed by atoms with E-state index in [4.69, 9.17) is 5.11 Å². The Morgan fingerprint density at radius 1 is 1.48 bits per heavy atom. The Bertz CT molecular complexity index is 565. The van der Waals surface area contributed by atoms with Gasteiger partial charge in [-0.3, -0.25) is 9.59 Å². The zero-order chi connectivity index (χ0) is 16.0. The van der Waals surface area contributed by atoms with E-state index in [-0.39, 0.29) is 17.7 Å². The van der Waals surface area contributed by atoms with Gasteiger partial charge in [0.05, 0.1) is 11.5 Å². The van der Waals surface area contributed by atoms with Crippen molar-refractivity contribution in [2.45, 2.75) is 6.92 Å². The third kappa shape index (κ3) is 5.03. The van der Waals surface area contributed by atoms with Gasteiger partial charge in [-0.15, -0.1) is 11.3 Å². The van der Waals surface area contributed by atoms with Gasteiger partial charge in [0.25, 0.3) is 5.91 Å². The molecule has 1 aromatic heterocycles. The Morgan fingerprint density at radius 3 is 2.71 bits per heavy atom. The highest BCUT2D eigenvalue weighted by Gasteiger charge is 2.19. The Labute approximate surface area is 127 Å². The standard InChI is InChI=1S/C14H18N2O4S/c1-9(13(19)15-2)7-16(3)14(20)10-6-11(21-8-10)4-5-12(17)18/h4-6,8-9H,7H2,1-3H3,(H,15,19)(H,17,18)/b5-4+. The summed E-state index contributed by atoms with van der Waals surface area (Å²) in [4.78, 5) is 36.3. The average molecular weight is 310 g/mol. The summed E-state index contributed by atoms with van der Waals surface area (Å²) in [6.45, 7) is 2.06. The number of nitrogens with one attached hydrogen (secondary N) is 1. The molecule has 21 heavy (non-hydrogen) atoms. The smallest absolute Gasteiger partial charge is 0.328 e. The molecule has 1 aromatic rings. The number of aliphatic carboxylic acids is 1. The molecule has 0 bridgehead atoms. The third-order valence-corrected chi connectivity index (χ3v) is 3.74. The maximum Gasteiger partial charge on any atom is 0.328 e.